The number of thiophene rings is 1. The van der Waals surface area contributed by atoms with Crippen LogP contribution in [0, 0.1) is 0 Å². The molecule has 3 N–H and O–H groups in total. The minimum Gasteiger partial charge on any atom is -0.506 e. The van der Waals surface area contributed by atoms with Gasteiger partial charge in [-0.25, -0.2) is 0 Å². The first-order valence-electron chi connectivity index (χ1n) is 5.56. The number of aromatic hydroxyl groups is 1. The van der Waals surface area contributed by atoms with Gasteiger partial charge in [0.15, 0.2) is 0 Å². The molecule has 0 atom stereocenters. The smallest absolute Gasteiger partial charge is 0.308 e. The zero-order valence-corrected chi connectivity index (χ0v) is 11.5. The van der Waals surface area contributed by atoms with Crippen LogP contribution in [-0.2, 0) is 17.8 Å². The van der Waals surface area contributed by atoms with E-state index in [0.29, 0.717) is 11.6 Å². The minimum absolute atomic E-state index is 0.0482. The van der Waals surface area contributed by atoms with Gasteiger partial charge in [-0.1, -0.05) is 11.6 Å². The SMILES string of the molecule is O=C(O)Cc1ccc(CNc2ccc(O)c(Cl)c2)s1. The van der Waals surface area contributed by atoms with Gasteiger partial charge in [-0.15, -0.1) is 11.3 Å². The molecule has 0 aliphatic rings. The largest absolute Gasteiger partial charge is 0.506 e. The second-order valence-corrected chi connectivity index (χ2v) is 5.62. The van der Waals surface area contributed by atoms with Crippen molar-refractivity contribution >= 4 is 34.6 Å². The van der Waals surface area contributed by atoms with Crippen LogP contribution in [0.15, 0.2) is 30.3 Å². The van der Waals surface area contributed by atoms with E-state index in [1.54, 1.807) is 12.1 Å². The van der Waals surface area contributed by atoms with Crippen LogP contribution in [0.4, 0.5) is 5.69 Å². The normalized spacial score (nSPS) is 10.4. The summed E-state index contributed by atoms with van der Waals surface area (Å²) in [5, 5.41) is 21.5. The van der Waals surface area contributed by atoms with Crippen LogP contribution >= 0.6 is 22.9 Å². The Labute approximate surface area is 119 Å². The molecule has 2 aromatic rings. The summed E-state index contributed by atoms with van der Waals surface area (Å²) in [5.41, 5.74) is 0.802. The van der Waals surface area contributed by atoms with Crippen LogP contribution in [0.5, 0.6) is 5.75 Å². The van der Waals surface area contributed by atoms with E-state index in [-0.39, 0.29) is 12.2 Å². The van der Waals surface area contributed by atoms with Gasteiger partial charge in [0.25, 0.3) is 0 Å². The van der Waals surface area contributed by atoms with Crippen LogP contribution in [0.25, 0.3) is 0 Å². The molecule has 1 heterocycles. The van der Waals surface area contributed by atoms with Crippen LogP contribution in [0.1, 0.15) is 9.75 Å². The maximum atomic E-state index is 10.6. The van der Waals surface area contributed by atoms with E-state index in [1.165, 1.54) is 17.4 Å². The van der Waals surface area contributed by atoms with E-state index < -0.39 is 5.97 Å². The molecule has 6 heteroatoms. The van der Waals surface area contributed by atoms with Gasteiger partial charge in [-0.2, -0.15) is 0 Å². The van der Waals surface area contributed by atoms with Gasteiger partial charge in [0.1, 0.15) is 5.75 Å². The van der Waals surface area contributed by atoms with Crippen molar-refractivity contribution in [1.82, 2.24) is 0 Å². The van der Waals surface area contributed by atoms with Gasteiger partial charge in [-0.05, 0) is 30.3 Å². The van der Waals surface area contributed by atoms with Crippen LogP contribution < -0.4 is 5.32 Å². The zero-order chi connectivity index (χ0) is 13.8. The third kappa shape index (κ3) is 3.87. The first-order chi connectivity index (χ1) is 9.04. The number of carboxylic acid groups (broad SMARTS) is 1. The van der Waals surface area contributed by atoms with E-state index in [1.807, 2.05) is 12.1 Å². The summed E-state index contributed by atoms with van der Waals surface area (Å²) in [4.78, 5) is 12.4. The van der Waals surface area contributed by atoms with E-state index in [9.17, 15) is 9.90 Å². The van der Waals surface area contributed by atoms with E-state index in [0.717, 1.165) is 15.4 Å². The lowest BCUT2D eigenvalue weighted by atomic mass is 10.3. The fourth-order valence-corrected chi connectivity index (χ4v) is 2.70. The molecule has 2 rings (SSSR count). The Bertz CT molecular complexity index is 597. The number of carbonyl (C=O) groups is 1. The third-order valence-corrected chi connectivity index (χ3v) is 3.85. The fraction of sp³-hybridized carbons (Fsp3) is 0.154. The molecule has 0 aliphatic carbocycles. The van der Waals surface area contributed by atoms with Gasteiger partial charge < -0.3 is 15.5 Å². The molecule has 1 aromatic heterocycles. The molecule has 4 nitrogen and oxygen atoms in total. The quantitative estimate of drug-likeness (QED) is 0.740. The highest BCUT2D eigenvalue weighted by Gasteiger charge is 2.05. The highest BCUT2D eigenvalue weighted by molar-refractivity contribution is 7.12. The van der Waals surface area contributed by atoms with Gasteiger partial charge in [0, 0.05) is 22.0 Å². The molecule has 100 valence electrons. The molecular weight excluding hydrogens is 286 g/mol. The number of phenols is 1. The maximum Gasteiger partial charge on any atom is 0.308 e. The Hall–Kier alpha value is -1.72. The number of benzene rings is 1. The zero-order valence-electron chi connectivity index (χ0n) is 9.89. The summed E-state index contributed by atoms with van der Waals surface area (Å²) in [6.07, 6.45) is 0.0513. The number of anilines is 1. The Kier molecular flexibility index (Phi) is 4.29. The molecule has 0 radical (unpaired) electrons. The maximum absolute atomic E-state index is 10.6. The first-order valence-corrected chi connectivity index (χ1v) is 6.76. The number of hydrogen-bond donors (Lipinski definition) is 3. The average Bonchev–Trinajstić information content (AvgIpc) is 2.77. The molecule has 0 bridgehead atoms. The van der Waals surface area contributed by atoms with Crippen molar-refractivity contribution < 1.29 is 15.0 Å². The standard InChI is InChI=1S/C13H12ClNO3S/c14-11-5-8(1-4-12(11)16)15-7-10-3-2-9(19-10)6-13(17)18/h1-5,15-16H,6-7H2,(H,17,18). The van der Waals surface area contributed by atoms with Gasteiger partial charge in [0.05, 0.1) is 11.4 Å². The van der Waals surface area contributed by atoms with Crippen molar-refractivity contribution in [2.24, 2.45) is 0 Å². The summed E-state index contributed by atoms with van der Waals surface area (Å²) in [6.45, 7) is 0.589. The molecule has 1 aromatic carbocycles. The highest BCUT2D eigenvalue weighted by atomic mass is 35.5. The lowest BCUT2D eigenvalue weighted by molar-refractivity contribution is -0.136. The summed E-state index contributed by atoms with van der Waals surface area (Å²) in [6, 6.07) is 8.61. The second-order valence-electron chi connectivity index (χ2n) is 3.96. The Balaban J connectivity index is 1.96. The number of phenolic OH excluding ortho intramolecular Hbond substituents is 1. The van der Waals surface area contributed by atoms with E-state index >= 15 is 0 Å². The summed E-state index contributed by atoms with van der Waals surface area (Å²) in [7, 11) is 0. The van der Waals surface area contributed by atoms with Crippen molar-refractivity contribution in [3.05, 3.63) is 45.1 Å². The van der Waals surface area contributed by atoms with Crippen molar-refractivity contribution in [3.63, 3.8) is 0 Å². The summed E-state index contributed by atoms with van der Waals surface area (Å²) in [5.74, 6) is -0.779. The predicted molar refractivity (Wildman–Crippen MR) is 76.1 cm³/mol. The lowest BCUT2D eigenvalue weighted by Crippen LogP contribution is -1.98. The van der Waals surface area contributed by atoms with E-state index in [4.69, 9.17) is 16.7 Å². The van der Waals surface area contributed by atoms with Gasteiger partial charge >= 0.3 is 5.97 Å². The molecule has 0 fully saturated rings. The number of nitrogens with one attached hydrogen (secondary N) is 1. The topological polar surface area (TPSA) is 69.6 Å². The van der Waals surface area contributed by atoms with Crippen LogP contribution in [0.2, 0.25) is 5.02 Å². The number of carboxylic acids is 1. The van der Waals surface area contributed by atoms with Crippen molar-refractivity contribution in [3.8, 4) is 5.75 Å². The molecule has 0 saturated heterocycles. The summed E-state index contributed by atoms with van der Waals surface area (Å²) >= 11 is 7.27. The highest BCUT2D eigenvalue weighted by Crippen LogP contribution is 2.26. The predicted octanol–water partition coefficient (Wildman–Crippen LogP) is 3.35. The minimum atomic E-state index is -0.827. The number of hydrogen-bond acceptors (Lipinski definition) is 4. The Morgan fingerprint density at radius 3 is 2.68 bits per heavy atom. The van der Waals surface area contributed by atoms with Crippen molar-refractivity contribution in [1.29, 1.82) is 0 Å². The van der Waals surface area contributed by atoms with Gasteiger partial charge in [0.2, 0.25) is 0 Å². The monoisotopic (exact) mass is 297 g/mol. The molecule has 0 saturated carbocycles. The van der Waals surface area contributed by atoms with Crippen molar-refractivity contribution in [2.45, 2.75) is 13.0 Å². The summed E-state index contributed by atoms with van der Waals surface area (Å²) < 4.78 is 0. The third-order valence-electron chi connectivity index (χ3n) is 2.46. The fourth-order valence-electron chi connectivity index (χ4n) is 1.57. The molecule has 0 aliphatic heterocycles. The number of rotatable bonds is 5. The average molecular weight is 298 g/mol. The van der Waals surface area contributed by atoms with E-state index in [2.05, 4.69) is 5.32 Å². The van der Waals surface area contributed by atoms with Gasteiger partial charge in [-0.3, -0.25) is 4.79 Å². The first kappa shape index (κ1) is 13.7. The van der Waals surface area contributed by atoms with Crippen LogP contribution in [0.3, 0.4) is 0 Å². The molecule has 0 spiro atoms. The second kappa shape index (κ2) is 5.95. The number of aliphatic carboxylic acids is 1. The molecule has 0 unspecified atom stereocenters. The Morgan fingerprint density at radius 1 is 1.26 bits per heavy atom. The lowest BCUT2D eigenvalue weighted by Gasteiger charge is -2.05. The number of halogens is 1. The Morgan fingerprint density at radius 2 is 2.00 bits per heavy atom. The molecule has 19 heavy (non-hydrogen) atoms. The van der Waals surface area contributed by atoms with Crippen LogP contribution in [-0.4, -0.2) is 16.2 Å². The molecular formula is C13H12ClNO3S. The molecule has 0 amide bonds. The van der Waals surface area contributed by atoms with Crippen molar-refractivity contribution in [2.75, 3.05) is 5.32 Å².